The summed E-state index contributed by atoms with van der Waals surface area (Å²) in [5.41, 5.74) is 2.21. The summed E-state index contributed by atoms with van der Waals surface area (Å²) in [6, 6.07) is 13.2. The van der Waals surface area contributed by atoms with Gasteiger partial charge in [-0.2, -0.15) is 0 Å². The predicted octanol–water partition coefficient (Wildman–Crippen LogP) is 3.90. The lowest BCUT2D eigenvalue weighted by Gasteiger charge is -2.15. The third-order valence-corrected chi connectivity index (χ3v) is 3.36. The Bertz CT molecular complexity index is 493. The zero-order chi connectivity index (χ0) is 12.8. The van der Waals surface area contributed by atoms with Crippen LogP contribution in [-0.2, 0) is 6.54 Å². The monoisotopic (exact) mass is 242 g/mol. The molecule has 0 saturated carbocycles. The van der Waals surface area contributed by atoms with Crippen LogP contribution in [0.5, 0.6) is 0 Å². The van der Waals surface area contributed by atoms with E-state index in [2.05, 4.69) is 54.5 Å². The van der Waals surface area contributed by atoms with Gasteiger partial charge in [-0.1, -0.05) is 44.5 Å². The molecular formula is C16H22N2. The van der Waals surface area contributed by atoms with Gasteiger partial charge in [0, 0.05) is 18.0 Å². The van der Waals surface area contributed by atoms with Crippen LogP contribution in [0, 0.1) is 0 Å². The maximum Gasteiger partial charge on any atom is 0.0705 e. The maximum absolute atomic E-state index is 4.68. The van der Waals surface area contributed by atoms with Gasteiger partial charge in [0.25, 0.3) is 0 Å². The SMILES string of the molecule is CCCC(CC)NCc1ccc2ccccc2n1. The lowest BCUT2D eigenvalue weighted by atomic mass is 10.1. The lowest BCUT2D eigenvalue weighted by molar-refractivity contribution is 0.460. The molecule has 96 valence electrons. The first-order valence-corrected chi connectivity index (χ1v) is 6.91. The number of para-hydroxylation sites is 1. The molecule has 0 aliphatic heterocycles. The van der Waals surface area contributed by atoms with Gasteiger partial charge in [0.1, 0.15) is 0 Å². The number of rotatable bonds is 6. The standard InChI is InChI=1S/C16H22N2/c1-3-7-14(4-2)17-12-15-11-10-13-8-5-6-9-16(13)18-15/h5-6,8-11,14,17H,3-4,7,12H2,1-2H3. The number of hydrogen-bond acceptors (Lipinski definition) is 2. The molecule has 2 nitrogen and oxygen atoms in total. The van der Waals surface area contributed by atoms with E-state index >= 15 is 0 Å². The van der Waals surface area contributed by atoms with Crippen molar-refractivity contribution in [3.05, 3.63) is 42.1 Å². The Morgan fingerprint density at radius 3 is 2.72 bits per heavy atom. The summed E-state index contributed by atoms with van der Waals surface area (Å²) in [5.74, 6) is 0. The van der Waals surface area contributed by atoms with Crippen LogP contribution in [0.15, 0.2) is 36.4 Å². The average molecular weight is 242 g/mol. The smallest absolute Gasteiger partial charge is 0.0705 e. The third kappa shape index (κ3) is 3.30. The quantitative estimate of drug-likeness (QED) is 0.831. The summed E-state index contributed by atoms with van der Waals surface area (Å²) in [4.78, 5) is 4.68. The van der Waals surface area contributed by atoms with Crippen LogP contribution in [0.1, 0.15) is 38.8 Å². The second kappa shape index (κ2) is 6.50. The van der Waals surface area contributed by atoms with E-state index in [1.165, 1.54) is 24.6 Å². The van der Waals surface area contributed by atoms with Gasteiger partial charge in [-0.05, 0) is 25.0 Å². The summed E-state index contributed by atoms with van der Waals surface area (Å²) < 4.78 is 0. The molecule has 1 N–H and O–H groups in total. The Morgan fingerprint density at radius 1 is 1.11 bits per heavy atom. The van der Waals surface area contributed by atoms with Crippen molar-refractivity contribution in [2.75, 3.05) is 0 Å². The Balaban J connectivity index is 2.03. The van der Waals surface area contributed by atoms with Crippen molar-refractivity contribution in [3.63, 3.8) is 0 Å². The molecule has 1 aromatic carbocycles. The second-order valence-corrected chi connectivity index (χ2v) is 4.77. The number of nitrogens with zero attached hydrogens (tertiary/aromatic N) is 1. The number of aromatic nitrogens is 1. The van der Waals surface area contributed by atoms with Crippen molar-refractivity contribution in [2.24, 2.45) is 0 Å². The molecule has 1 heterocycles. The van der Waals surface area contributed by atoms with Crippen LogP contribution < -0.4 is 5.32 Å². The Labute approximate surface area is 109 Å². The van der Waals surface area contributed by atoms with Gasteiger partial charge in [-0.3, -0.25) is 4.98 Å². The minimum atomic E-state index is 0.614. The minimum Gasteiger partial charge on any atom is -0.308 e. The van der Waals surface area contributed by atoms with Crippen LogP contribution in [0.3, 0.4) is 0 Å². The largest absolute Gasteiger partial charge is 0.308 e. The highest BCUT2D eigenvalue weighted by atomic mass is 14.9. The zero-order valence-electron chi connectivity index (χ0n) is 11.3. The summed E-state index contributed by atoms with van der Waals surface area (Å²) in [5, 5.41) is 4.80. The number of hydrogen-bond donors (Lipinski definition) is 1. The fourth-order valence-electron chi connectivity index (χ4n) is 2.25. The van der Waals surface area contributed by atoms with Gasteiger partial charge in [-0.25, -0.2) is 0 Å². The highest BCUT2D eigenvalue weighted by molar-refractivity contribution is 5.78. The van der Waals surface area contributed by atoms with E-state index in [0.29, 0.717) is 6.04 Å². The first-order chi connectivity index (χ1) is 8.83. The van der Waals surface area contributed by atoms with Crippen molar-refractivity contribution >= 4 is 10.9 Å². The molecule has 1 aromatic heterocycles. The molecule has 0 spiro atoms. The molecule has 0 aliphatic carbocycles. The van der Waals surface area contributed by atoms with Crippen LogP contribution in [0.2, 0.25) is 0 Å². The van der Waals surface area contributed by atoms with Crippen LogP contribution in [0.25, 0.3) is 10.9 Å². The topological polar surface area (TPSA) is 24.9 Å². The molecule has 0 fully saturated rings. The van der Waals surface area contributed by atoms with Crippen molar-refractivity contribution in [2.45, 2.75) is 45.7 Å². The molecule has 0 bridgehead atoms. The average Bonchev–Trinajstić information content (AvgIpc) is 2.43. The maximum atomic E-state index is 4.68. The van der Waals surface area contributed by atoms with E-state index in [1.54, 1.807) is 0 Å². The van der Waals surface area contributed by atoms with E-state index in [0.717, 1.165) is 17.8 Å². The van der Waals surface area contributed by atoms with Gasteiger partial charge in [0.2, 0.25) is 0 Å². The number of nitrogens with one attached hydrogen (secondary N) is 1. The van der Waals surface area contributed by atoms with E-state index in [1.807, 2.05) is 6.07 Å². The third-order valence-electron chi connectivity index (χ3n) is 3.36. The Morgan fingerprint density at radius 2 is 1.94 bits per heavy atom. The number of benzene rings is 1. The van der Waals surface area contributed by atoms with Crippen molar-refractivity contribution in [1.29, 1.82) is 0 Å². The predicted molar refractivity (Wildman–Crippen MR) is 77.6 cm³/mol. The van der Waals surface area contributed by atoms with Crippen molar-refractivity contribution in [3.8, 4) is 0 Å². The molecule has 0 radical (unpaired) electrons. The number of pyridine rings is 1. The molecular weight excluding hydrogens is 220 g/mol. The van der Waals surface area contributed by atoms with E-state index in [-0.39, 0.29) is 0 Å². The van der Waals surface area contributed by atoms with Crippen molar-refractivity contribution < 1.29 is 0 Å². The first-order valence-electron chi connectivity index (χ1n) is 6.91. The zero-order valence-corrected chi connectivity index (χ0v) is 11.3. The van der Waals surface area contributed by atoms with E-state index in [4.69, 9.17) is 0 Å². The van der Waals surface area contributed by atoms with Crippen LogP contribution in [0.4, 0.5) is 0 Å². The second-order valence-electron chi connectivity index (χ2n) is 4.77. The lowest BCUT2D eigenvalue weighted by Crippen LogP contribution is -2.28. The molecule has 2 rings (SSSR count). The van der Waals surface area contributed by atoms with Gasteiger partial charge < -0.3 is 5.32 Å². The highest BCUT2D eigenvalue weighted by Gasteiger charge is 2.04. The van der Waals surface area contributed by atoms with Gasteiger partial charge in [0.15, 0.2) is 0 Å². The molecule has 18 heavy (non-hydrogen) atoms. The van der Waals surface area contributed by atoms with E-state index in [9.17, 15) is 0 Å². The summed E-state index contributed by atoms with van der Waals surface area (Å²) in [6.45, 7) is 5.34. The normalized spacial score (nSPS) is 12.8. The Hall–Kier alpha value is -1.41. The van der Waals surface area contributed by atoms with Gasteiger partial charge >= 0.3 is 0 Å². The highest BCUT2D eigenvalue weighted by Crippen LogP contribution is 2.12. The van der Waals surface area contributed by atoms with Gasteiger partial charge in [0.05, 0.1) is 11.2 Å². The summed E-state index contributed by atoms with van der Waals surface area (Å²) >= 11 is 0. The minimum absolute atomic E-state index is 0.614. The fraction of sp³-hybridized carbons (Fsp3) is 0.438. The van der Waals surface area contributed by atoms with Crippen molar-refractivity contribution in [1.82, 2.24) is 10.3 Å². The van der Waals surface area contributed by atoms with Crippen LogP contribution in [-0.4, -0.2) is 11.0 Å². The molecule has 0 amide bonds. The van der Waals surface area contributed by atoms with E-state index < -0.39 is 0 Å². The molecule has 1 unspecified atom stereocenters. The van der Waals surface area contributed by atoms with Crippen LogP contribution >= 0.6 is 0 Å². The summed E-state index contributed by atoms with van der Waals surface area (Å²) in [7, 11) is 0. The Kier molecular flexibility index (Phi) is 4.71. The summed E-state index contributed by atoms with van der Waals surface area (Å²) in [6.07, 6.45) is 3.65. The molecule has 0 saturated heterocycles. The molecule has 1 atom stereocenters. The van der Waals surface area contributed by atoms with Gasteiger partial charge in [-0.15, -0.1) is 0 Å². The first kappa shape index (κ1) is 13.0. The fourth-order valence-corrected chi connectivity index (χ4v) is 2.25. The molecule has 2 aromatic rings. The number of fused-ring (bicyclic) bond motifs is 1. The molecule has 0 aliphatic rings. The molecule has 2 heteroatoms.